The number of nitrogens with one attached hydrogen (secondary N) is 1. The summed E-state index contributed by atoms with van der Waals surface area (Å²) in [6.45, 7) is 3.03. The lowest BCUT2D eigenvalue weighted by Crippen LogP contribution is -2.24. The van der Waals surface area contributed by atoms with Crippen molar-refractivity contribution in [1.82, 2.24) is 5.32 Å². The fourth-order valence-corrected chi connectivity index (χ4v) is 2.83. The van der Waals surface area contributed by atoms with Crippen LogP contribution in [-0.4, -0.2) is 22.8 Å². The van der Waals surface area contributed by atoms with E-state index < -0.39 is 10.8 Å². The molecule has 16 heavy (non-hydrogen) atoms. The van der Waals surface area contributed by atoms with Crippen LogP contribution in [0.15, 0.2) is 18.2 Å². The minimum absolute atomic E-state index is 0.471. The van der Waals surface area contributed by atoms with Gasteiger partial charge < -0.3 is 5.32 Å². The Morgan fingerprint density at radius 3 is 3.06 bits per heavy atom. The first-order valence-electron chi connectivity index (χ1n) is 5.80. The molecule has 0 heterocycles. The molecule has 1 N–H and O–H groups in total. The second kappa shape index (κ2) is 5.11. The van der Waals surface area contributed by atoms with Gasteiger partial charge in [0.2, 0.25) is 0 Å². The summed E-state index contributed by atoms with van der Waals surface area (Å²) in [6.07, 6.45) is 4.11. The third-order valence-corrected chi connectivity index (χ3v) is 4.06. The van der Waals surface area contributed by atoms with E-state index in [0.717, 1.165) is 12.3 Å². The molecular weight excluding hydrogens is 218 g/mol. The Morgan fingerprint density at radius 1 is 1.50 bits per heavy atom. The van der Waals surface area contributed by atoms with Gasteiger partial charge in [-0.25, -0.2) is 0 Å². The fraction of sp³-hybridized carbons (Fsp3) is 0.538. The van der Waals surface area contributed by atoms with E-state index in [4.69, 9.17) is 0 Å². The zero-order valence-corrected chi connectivity index (χ0v) is 10.8. The molecule has 0 amide bonds. The van der Waals surface area contributed by atoms with Gasteiger partial charge in [0.15, 0.2) is 0 Å². The van der Waals surface area contributed by atoms with Crippen LogP contribution in [0.2, 0.25) is 0 Å². The van der Waals surface area contributed by atoms with Crippen molar-refractivity contribution in [3.05, 3.63) is 34.9 Å². The van der Waals surface area contributed by atoms with Gasteiger partial charge in [0.1, 0.15) is 0 Å². The molecule has 0 aromatic heterocycles. The predicted molar refractivity (Wildman–Crippen MR) is 69.2 cm³/mol. The molecule has 2 nitrogen and oxygen atoms in total. The van der Waals surface area contributed by atoms with E-state index >= 15 is 0 Å². The van der Waals surface area contributed by atoms with E-state index in [1.54, 1.807) is 6.26 Å². The Hall–Kier alpha value is -0.670. The van der Waals surface area contributed by atoms with Crippen LogP contribution >= 0.6 is 0 Å². The molecule has 0 saturated carbocycles. The molecule has 1 aromatic carbocycles. The zero-order chi connectivity index (χ0) is 11.5. The maximum absolute atomic E-state index is 11.0. The summed E-state index contributed by atoms with van der Waals surface area (Å²) in [6, 6.07) is 7.00. The summed E-state index contributed by atoms with van der Waals surface area (Å²) in [4.78, 5) is 0. The molecule has 88 valence electrons. The molecule has 2 rings (SSSR count). The lowest BCUT2D eigenvalue weighted by molar-refractivity contribution is 0.549. The van der Waals surface area contributed by atoms with Crippen molar-refractivity contribution in [3.63, 3.8) is 0 Å². The van der Waals surface area contributed by atoms with E-state index in [1.165, 1.54) is 29.5 Å². The Bertz CT molecular complexity index is 403. The molecule has 0 spiro atoms. The van der Waals surface area contributed by atoms with Crippen LogP contribution in [0.3, 0.4) is 0 Å². The van der Waals surface area contributed by atoms with Crippen LogP contribution in [-0.2, 0) is 17.2 Å². The maximum atomic E-state index is 11.0. The normalized spacial score (nSPS) is 20.8. The zero-order valence-electron chi connectivity index (χ0n) is 9.95. The van der Waals surface area contributed by atoms with Gasteiger partial charge in [-0.1, -0.05) is 18.2 Å². The van der Waals surface area contributed by atoms with Gasteiger partial charge in [-0.2, -0.15) is 0 Å². The molecule has 0 radical (unpaired) electrons. The minimum atomic E-state index is -0.690. The van der Waals surface area contributed by atoms with Gasteiger partial charge in [-0.15, -0.1) is 0 Å². The molecule has 3 heteroatoms. The fourth-order valence-electron chi connectivity index (χ4n) is 2.43. The summed E-state index contributed by atoms with van der Waals surface area (Å²) in [5, 5.41) is 3.50. The first-order valence-corrected chi connectivity index (χ1v) is 7.53. The number of hydrogen-bond acceptors (Lipinski definition) is 2. The highest BCUT2D eigenvalue weighted by Gasteiger charge is 2.22. The molecule has 2 unspecified atom stereocenters. The van der Waals surface area contributed by atoms with Crippen molar-refractivity contribution in [2.75, 3.05) is 18.6 Å². The van der Waals surface area contributed by atoms with Crippen molar-refractivity contribution >= 4 is 10.8 Å². The Morgan fingerprint density at radius 2 is 2.31 bits per heavy atom. The van der Waals surface area contributed by atoms with Crippen molar-refractivity contribution < 1.29 is 4.21 Å². The number of aryl methyl sites for hydroxylation is 1. The third kappa shape index (κ3) is 2.53. The molecule has 2 atom stereocenters. The standard InChI is InChI=1S/C13H19NOS/c1-10-4-3-5-12-11(10)6-7-13(12)14-8-9-16(2)15/h3-5,13-14H,6-9H2,1-2H3. The minimum Gasteiger partial charge on any atom is -0.309 e. The van der Waals surface area contributed by atoms with Gasteiger partial charge in [-0.05, 0) is 36.5 Å². The SMILES string of the molecule is Cc1cccc2c1CCC2NCCS(C)=O. The van der Waals surface area contributed by atoms with E-state index in [2.05, 4.69) is 30.4 Å². The quantitative estimate of drug-likeness (QED) is 0.867. The maximum Gasteiger partial charge on any atom is 0.0357 e. The summed E-state index contributed by atoms with van der Waals surface area (Å²) < 4.78 is 11.0. The smallest absolute Gasteiger partial charge is 0.0357 e. The molecule has 0 saturated heterocycles. The highest BCUT2D eigenvalue weighted by molar-refractivity contribution is 7.84. The molecule has 1 aromatic rings. The Kier molecular flexibility index (Phi) is 3.77. The van der Waals surface area contributed by atoms with Crippen molar-refractivity contribution in [2.24, 2.45) is 0 Å². The lowest BCUT2D eigenvalue weighted by atomic mass is 10.0. The van der Waals surface area contributed by atoms with Crippen molar-refractivity contribution in [3.8, 4) is 0 Å². The lowest BCUT2D eigenvalue weighted by Gasteiger charge is -2.13. The Balaban J connectivity index is 2.01. The predicted octanol–water partition coefficient (Wildman–Crippen LogP) is 1.95. The van der Waals surface area contributed by atoms with Crippen molar-refractivity contribution in [2.45, 2.75) is 25.8 Å². The number of fused-ring (bicyclic) bond motifs is 1. The molecule has 0 aliphatic heterocycles. The number of benzene rings is 1. The monoisotopic (exact) mass is 237 g/mol. The van der Waals surface area contributed by atoms with Crippen molar-refractivity contribution in [1.29, 1.82) is 0 Å². The van der Waals surface area contributed by atoms with Crippen LogP contribution in [0, 0.1) is 6.92 Å². The van der Waals surface area contributed by atoms with E-state index in [9.17, 15) is 4.21 Å². The average Bonchev–Trinajstić information content (AvgIpc) is 2.63. The van der Waals surface area contributed by atoms with Gasteiger partial charge in [0.05, 0.1) is 0 Å². The first kappa shape index (κ1) is 11.8. The van der Waals surface area contributed by atoms with Crippen LogP contribution in [0.1, 0.15) is 29.2 Å². The molecule has 1 aliphatic rings. The summed E-state index contributed by atoms with van der Waals surface area (Å²) >= 11 is 0. The van der Waals surface area contributed by atoms with Gasteiger partial charge >= 0.3 is 0 Å². The number of rotatable bonds is 4. The van der Waals surface area contributed by atoms with Crippen LogP contribution < -0.4 is 5.32 Å². The average molecular weight is 237 g/mol. The first-order chi connectivity index (χ1) is 7.68. The van der Waals surface area contributed by atoms with E-state index in [1.807, 2.05) is 0 Å². The largest absolute Gasteiger partial charge is 0.309 e. The second-order valence-electron chi connectivity index (χ2n) is 4.47. The number of hydrogen-bond donors (Lipinski definition) is 1. The van der Waals surface area contributed by atoms with Crippen LogP contribution in [0.5, 0.6) is 0 Å². The van der Waals surface area contributed by atoms with Gasteiger partial charge in [-0.3, -0.25) is 4.21 Å². The second-order valence-corrected chi connectivity index (χ2v) is 6.02. The highest BCUT2D eigenvalue weighted by Crippen LogP contribution is 2.32. The van der Waals surface area contributed by atoms with E-state index in [-0.39, 0.29) is 0 Å². The Labute approximate surface area is 99.9 Å². The topological polar surface area (TPSA) is 29.1 Å². The van der Waals surface area contributed by atoms with Gasteiger partial charge in [0.25, 0.3) is 0 Å². The molecular formula is C13H19NOS. The molecule has 0 bridgehead atoms. The summed E-state index contributed by atoms with van der Waals surface area (Å²) in [7, 11) is -0.690. The van der Waals surface area contributed by atoms with E-state index in [0.29, 0.717) is 6.04 Å². The summed E-state index contributed by atoms with van der Waals surface area (Å²) in [5.41, 5.74) is 4.36. The molecule has 1 aliphatic carbocycles. The van der Waals surface area contributed by atoms with Crippen LogP contribution in [0.4, 0.5) is 0 Å². The third-order valence-electron chi connectivity index (χ3n) is 3.29. The van der Waals surface area contributed by atoms with Gasteiger partial charge in [0, 0.05) is 35.4 Å². The molecule has 0 fully saturated rings. The summed E-state index contributed by atoms with van der Waals surface area (Å²) in [5.74, 6) is 0.748. The van der Waals surface area contributed by atoms with Crippen LogP contribution in [0.25, 0.3) is 0 Å². The highest BCUT2D eigenvalue weighted by atomic mass is 32.2.